The highest BCUT2D eigenvalue weighted by molar-refractivity contribution is 6.04. The third-order valence-corrected chi connectivity index (χ3v) is 3.64. The monoisotopic (exact) mass is 330 g/mol. The van der Waals surface area contributed by atoms with E-state index < -0.39 is 0 Å². The molecule has 0 radical (unpaired) electrons. The smallest absolute Gasteiger partial charge is 0.274 e. The van der Waals surface area contributed by atoms with Gasteiger partial charge in [-0.2, -0.15) is 5.10 Å². The van der Waals surface area contributed by atoms with Crippen molar-refractivity contribution in [2.75, 3.05) is 19.6 Å². The number of benzene rings is 1. The maximum atomic E-state index is 12.5. The maximum absolute atomic E-state index is 12.5. The zero-order valence-corrected chi connectivity index (χ0v) is 14.6. The molecule has 0 fully saturated rings. The molecule has 0 saturated carbocycles. The SMILES string of the molecule is CCCNCCNC(=O)c1nn(CC(C)C)c(=O)c2ccccc12. The number of nitrogens with one attached hydrogen (secondary N) is 2. The normalized spacial score (nSPS) is 11.2. The molecule has 0 saturated heterocycles. The van der Waals surface area contributed by atoms with Crippen LogP contribution in [0, 0.1) is 5.92 Å². The third-order valence-electron chi connectivity index (χ3n) is 3.64. The van der Waals surface area contributed by atoms with Gasteiger partial charge in [-0.25, -0.2) is 4.68 Å². The van der Waals surface area contributed by atoms with Crippen molar-refractivity contribution in [3.8, 4) is 0 Å². The van der Waals surface area contributed by atoms with Crippen LogP contribution >= 0.6 is 0 Å². The highest BCUT2D eigenvalue weighted by Crippen LogP contribution is 2.13. The lowest BCUT2D eigenvalue weighted by molar-refractivity contribution is 0.0948. The first-order valence-corrected chi connectivity index (χ1v) is 8.53. The topological polar surface area (TPSA) is 76.0 Å². The number of hydrogen-bond acceptors (Lipinski definition) is 4. The Kier molecular flexibility index (Phi) is 6.49. The summed E-state index contributed by atoms with van der Waals surface area (Å²) >= 11 is 0. The van der Waals surface area contributed by atoms with Crippen LogP contribution in [0.25, 0.3) is 10.8 Å². The predicted octanol–water partition coefficient (Wildman–Crippen LogP) is 1.78. The van der Waals surface area contributed by atoms with E-state index in [0.29, 0.717) is 36.1 Å². The Balaban J connectivity index is 2.29. The average Bonchev–Trinajstić information content (AvgIpc) is 2.56. The van der Waals surface area contributed by atoms with Crippen molar-refractivity contribution in [2.45, 2.75) is 33.7 Å². The second-order valence-corrected chi connectivity index (χ2v) is 6.28. The lowest BCUT2D eigenvalue weighted by atomic mass is 10.1. The van der Waals surface area contributed by atoms with E-state index >= 15 is 0 Å². The fourth-order valence-corrected chi connectivity index (χ4v) is 2.52. The van der Waals surface area contributed by atoms with Gasteiger partial charge in [0, 0.05) is 25.0 Å². The van der Waals surface area contributed by atoms with Gasteiger partial charge < -0.3 is 10.6 Å². The summed E-state index contributed by atoms with van der Waals surface area (Å²) in [7, 11) is 0. The zero-order valence-electron chi connectivity index (χ0n) is 14.6. The van der Waals surface area contributed by atoms with Crippen molar-refractivity contribution in [3.63, 3.8) is 0 Å². The van der Waals surface area contributed by atoms with Gasteiger partial charge in [0.2, 0.25) is 0 Å². The Bertz CT molecular complexity index is 752. The minimum Gasteiger partial charge on any atom is -0.349 e. The molecule has 130 valence electrons. The third kappa shape index (κ3) is 4.41. The summed E-state index contributed by atoms with van der Waals surface area (Å²) in [5.74, 6) is 0.0209. The van der Waals surface area contributed by atoms with Crippen LogP contribution in [0.15, 0.2) is 29.1 Å². The lowest BCUT2D eigenvalue weighted by Crippen LogP contribution is -2.35. The van der Waals surface area contributed by atoms with Crippen LogP contribution in [0.1, 0.15) is 37.7 Å². The van der Waals surface area contributed by atoms with Crippen LogP contribution in [-0.4, -0.2) is 35.3 Å². The van der Waals surface area contributed by atoms with Crippen LogP contribution in [0.5, 0.6) is 0 Å². The molecule has 2 N–H and O–H groups in total. The molecule has 6 nitrogen and oxygen atoms in total. The van der Waals surface area contributed by atoms with Crippen molar-refractivity contribution in [1.82, 2.24) is 20.4 Å². The molecule has 2 aromatic rings. The summed E-state index contributed by atoms with van der Waals surface area (Å²) in [6, 6.07) is 7.14. The van der Waals surface area contributed by atoms with Gasteiger partial charge in [0.05, 0.1) is 5.39 Å². The first-order valence-electron chi connectivity index (χ1n) is 8.53. The maximum Gasteiger partial charge on any atom is 0.274 e. The summed E-state index contributed by atoms with van der Waals surface area (Å²) in [5.41, 5.74) is 0.154. The van der Waals surface area contributed by atoms with Gasteiger partial charge in [-0.05, 0) is 24.9 Å². The standard InChI is InChI=1S/C18H26N4O2/c1-4-9-19-10-11-20-17(23)16-14-7-5-6-8-15(14)18(24)22(21-16)12-13(2)3/h5-8,13,19H,4,9-12H2,1-3H3,(H,20,23). The highest BCUT2D eigenvalue weighted by Gasteiger charge is 2.16. The Morgan fingerprint density at radius 3 is 2.54 bits per heavy atom. The molecule has 24 heavy (non-hydrogen) atoms. The molecule has 1 amide bonds. The molecule has 1 aromatic carbocycles. The fraction of sp³-hybridized carbons (Fsp3) is 0.500. The van der Waals surface area contributed by atoms with Gasteiger partial charge >= 0.3 is 0 Å². The Morgan fingerprint density at radius 2 is 1.88 bits per heavy atom. The number of aromatic nitrogens is 2. The lowest BCUT2D eigenvalue weighted by Gasteiger charge is -2.12. The largest absolute Gasteiger partial charge is 0.349 e. The molecule has 1 heterocycles. The van der Waals surface area contributed by atoms with E-state index in [-0.39, 0.29) is 17.4 Å². The first kappa shape index (κ1) is 18.1. The number of carbonyl (C=O) groups is 1. The van der Waals surface area contributed by atoms with Crippen LogP contribution in [0.2, 0.25) is 0 Å². The Hall–Kier alpha value is -2.21. The molecule has 0 atom stereocenters. The van der Waals surface area contributed by atoms with Gasteiger partial charge in [-0.1, -0.05) is 39.0 Å². The minimum absolute atomic E-state index is 0.152. The Labute approximate surface area is 142 Å². The summed E-state index contributed by atoms with van der Waals surface area (Å²) < 4.78 is 1.40. The predicted molar refractivity (Wildman–Crippen MR) is 96.3 cm³/mol. The van der Waals surface area contributed by atoms with Gasteiger partial charge in [-0.15, -0.1) is 0 Å². The quantitative estimate of drug-likeness (QED) is 0.724. The number of nitrogens with zero attached hydrogens (tertiary/aromatic N) is 2. The first-order chi connectivity index (χ1) is 11.5. The molecule has 6 heteroatoms. The van der Waals surface area contributed by atoms with E-state index in [9.17, 15) is 9.59 Å². The molecular weight excluding hydrogens is 304 g/mol. The molecule has 0 bridgehead atoms. The average molecular weight is 330 g/mol. The number of amides is 1. The van der Waals surface area contributed by atoms with Crippen molar-refractivity contribution < 1.29 is 4.79 Å². The van der Waals surface area contributed by atoms with E-state index in [2.05, 4.69) is 22.7 Å². The van der Waals surface area contributed by atoms with Crippen LogP contribution in [0.4, 0.5) is 0 Å². The second kappa shape index (κ2) is 8.59. The summed E-state index contributed by atoms with van der Waals surface area (Å²) in [5, 5.41) is 11.6. The highest BCUT2D eigenvalue weighted by atomic mass is 16.2. The van der Waals surface area contributed by atoms with Gasteiger partial charge in [0.1, 0.15) is 0 Å². The summed E-state index contributed by atoms with van der Waals surface area (Å²) in [6.07, 6.45) is 1.06. The number of fused-ring (bicyclic) bond motifs is 1. The summed E-state index contributed by atoms with van der Waals surface area (Å²) in [4.78, 5) is 25.1. The van der Waals surface area contributed by atoms with Crippen molar-refractivity contribution >= 4 is 16.7 Å². The molecule has 0 aliphatic heterocycles. The van der Waals surface area contributed by atoms with E-state index in [1.807, 2.05) is 19.9 Å². The van der Waals surface area contributed by atoms with Crippen molar-refractivity contribution in [1.29, 1.82) is 0 Å². The zero-order chi connectivity index (χ0) is 17.5. The number of hydrogen-bond donors (Lipinski definition) is 2. The van der Waals surface area contributed by atoms with Crippen LogP contribution < -0.4 is 16.2 Å². The van der Waals surface area contributed by atoms with Crippen LogP contribution in [-0.2, 0) is 6.54 Å². The molecule has 0 aliphatic carbocycles. The molecule has 1 aromatic heterocycles. The molecule has 0 unspecified atom stereocenters. The minimum atomic E-state index is -0.248. The molecule has 2 rings (SSSR count). The number of rotatable bonds is 8. The van der Waals surface area contributed by atoms with Crippen LogP contribution in [0.3, 0.4) is 0 Å². The van der Waals surface area contributed by atoms with Gasteiger partial charge in [0.15, 0.2) is 5.69 Å². The van der Waals surface area contributed by atoms with Crippen molar-refractivity contribution in [3.05, 3.63) is 40.3 Å². The molecule has 0 aliphatic rings. The summed E-state index contributed by atoms with van der Waals surface area (Å²) in [6.45, 7) is 8.78. The van der Waals surface area contributed by atoms with E-state index in [1.165, 1.54) is 4.68 Å². The van der Waals surface area contributed by atoms with Gasteiger partial charge in [-0.3, -0.25) is 9.59 Å². The number of carbonyl (C=O) groups excluding carboxylic acids is 1. The second-order valence-electron chi connectivity index (χ2n) is 6.28. The molecular formula is C18H26N4O2. The van der Waals surface area contributed by atoms with Gasteiger partial charge in [0.25, 0.3) is 11.5 Å². The van der Waals surface area contributed by atoms with Crippen molar-refractivity contribution in [2.24, 2.45) is 5.92 Å². The Morgan fingerprint density at radius 1 is 1.17 bits per heavy atom. The van der Waals surface area contributed by atoms with E-state index in [1.54, 1.807) is 18.2 Å². The van der Waals surface area contributed by atoms with E-state index in [4.69, 9.17) is 0 Å². The fourth-order valence-electron chi connectivity index (χ4n) is 2.52. The van der Waals surface area contributed by atoms with E-state index in [0.717, 1.165) is 13.0 Å². The molecule has 0 spiro atoms.